The van der Waals surface area contributed by atoms with E-state index in [9.17, 15) is 18.4 Å². The molecule has 0 aliphatic carbocycles. The van der Waals surface area contributed by atoms with E-state index in [2.05, 4.69) is 15.3 Å². The number of pyridine rings is 2. The van der Waals surface area contributed by atoms with Gasteiger partial charge in [0.15, 0.2) is 5.82 Å². The number of aromatic nitrogens is 2. The van der Waals surface area contributed by atoms with Gasteiger partial charge in [0.25, 0.3) is 5.91 Å². The van der Waals surface area contributed by atoms with Crippen molar-refractivity contribution in [2.75, 3.05) is 6.54 Å². The number of aryl methyl sites for hydroxylation is 1. The van der Waals surface area contributed by atoms with Crippen LogP contribution in [0.25, 0.3) is 11.1 Å². The number of nitrogens with zero attached hydrogens (tertiary/aromatic N) is 1. The quantitative estimate of drug-likeness (QED) is 0.726. The van der Waals surface area contributed by atoms with Gasteiger partial charge in [-0.2, -0.15) is 0 Å². The van der Waals surface area contributed by atoms with Crippen molar-refractivity contribution < 1.29 is 13.6 Å². The summed E-state index contributed by atoms with van der Waals surface area (Å²) in [6.45, 7) is 1.79. The number of nitrogens with one attached hydrogen (secondary N) is 2. The first-order chi connectivity index (χ1) is 13.0. The molecule has 0 saturated carbocycles. The van der Waals surface area contributed by atoms with Gasteiger partial charge in [0, 0.05) is 37.0 Å². The van der Waals surface area contributed by atoms with Crippen LogP contribution in [0.3, 0.4) is 0 Å². The lowest BCUT2D eigenvalue weighted by molar-refractivity contribution is 0.0953. The number of H-pyrrole nitrogens is 1. The minimum atomic E-state index is -0.498. The van der Waals surface area contributed by atoms with Gasteiger partial charge >= 0.3 is 0 Å². The molecule has 5 nitrogen and oxygen atoms in total. The topological polar surface area (TPSA) is 74.8 Å². The molecule has 0 fully saturated rings. The maximum atomic E-state index is 14.8. The predicted molar refractivity (Wildman–Crippen MR) is 97.4 cm³/mol. The van der Waals surface area contributed by atoms with Crippen LogP contribution < -0.4 is 10.9 Å². The van der Waals surface area contributed by atoms with Crippen LogP contribution in [0, 0.1) is 18.6 Å². The molecule has 2 N–H and O–H groups in total. The summed E-state index contributed by atoms with van der Waals surface area (Å²) in [5, 5.41) is 2.65. The molecule has 0 aliphatic heterocycles. The second kappa shape index (κ2) is 7.90. The van der Waals surface area contributed by atoms with Crippen LogP contribution in [-0.4, -0.2) is 22.4 Å². The number of halogens is 2. The van der Waals surface area contributed by atoms with Crippen molar-refractivity contribution in [1.29, 1.82) is 0 Å². The monoisotopic (exact) mass is 369 g/mol. The first-order valence-electron chi connectivity index (χ1n) is 8.32. The van der Waals surface area contributed by atoms with Gasteiger partial charge in [-0.05, 0) is 42.3 Å². The zero-order valence-corrected chi connectivity index (χ0v) is 14.6. The van der Waals surface area contributed by atoms with Crippen LogP contribution in [0.5, 0.6) is 0 Å². The van der Waals surface area contributed by atoms with Gasteiger partial charge in [0.1, 0.15) is 5.82 Å². The van der Waals surface area contributed by atoms with E-state index < -0.39 is 5.82 Å². The average molecular weight is 369 g/mol. The van der Waals surface area contributed by atoms with E-state index in [0.29, 0.717) is 22.3 Å². The summed E-state index contributed by atoms with van der Waals surface area (Å²) >= 11 is 0. The first-order valence-corrected chi connectivity index (χ1v) is 8.32. The minimum Gasteiger partial charge on any atom is -0.352 e. The highest BCUT2D eigenvalue weighted by Crippen LogP contribution is 2.25. The third kappa shape index (κ3) is 4.25. The second-order valence-electron chi connectivity index (χ2n) is 6.03. The number of benzene rings is 1. The fourth-order valence-corrected chi connectivity index (χ4v) is 2.64. The number of amides is 1. The van der Waals surface area contributed by atoms with E-state index in [0.717, 1.165) is 0 Å². The highest BCUT2D eigenvalue weighted by Gasteiger charge is 2.13. The van der Waals surface area contributed by atoms with Crippen LogP contribution in [0.1, 0.15) is 21.6 Å². The standard InChI is InChI=1S/C20H17F2N3O2/c1-12-10-13(2-4-16(12)21)15-6-8-23-17(19(15)22)7-9-24-20(27)14-3-5-18(26)25-11-14/h2-6,8,10-11H,7,9H2,1H3,(H,24,27)(H,25,26). The summed E-state index contributed by atoms with van der Waals surface area (Å²) in [7, 11) is 0. The van der Waals surface area contributed by atoms with Crippen LogP contribution in [0.2, 0.25) is 0 Å². The molecule has 0 unspecified atom stereocenters. The summed E-state index contributed by atoms with van der Waals surface area (Å²) in [5.41, 5.74) is 1.53. The van der Waals surface area contributed by atoms with Gasteiger partial charge in [-0.1, -0.05) is 6.07 Å². The zero-order chi connectivity index (χ0) is 19.4. The number of carbonyl (C=O) groups is 1. The third-order valence-corrected chi connectivity index (χ3v) is 4.12. The van der Waals surface area contributed by atoms with E-state index in [1.54, 1.807) is 13.0 Å². The van der Waals surface area contributed by atoms with Crippen LogP contribution >= 0.6 is 0 Å². The highest BCUT2D eigenvalue weighted by atomic mass is 19.1. The third-order valence-electron chi connectivity index (χ3n) is 4.12. The molecule has 3 aromatic rings. The van der Waals surface area contributed by atoms with Crippen molar-refractivity contribution in [3.05, 3.63) is 87.6 Å². The van der Waals surface area contributed by atoms with E-state index in [-0.39, 0.29) is 35.9 Å². The molecule has 2 aromatic heterocycles. The Labute approximate surface area is 154 Å². The zero-order valence-electron chi connectivity index (χ0n) is 14.6. The molecule has 0 spiro atoms. The molecule has 27 heavy (non-hydrogen) atoms. The maximum absolute atomic E-state index is 14.8. The van der Waals surface area contributed by atoms with Crippen molar-refractivity contribution in [3.8, 4) is 11.1 Å². The molecule has 1 amide bonds. The molecule has 138 valence electrons. The molecule has 1 aromatic carbocycles. The maximum Gasteiger partial charge on any atom is 0.252 e. The fraction of sp³-hybridized carbons (Fsp3) is 0.150. The smallest absolute Gasteiger partial charge is 0.252 e. The Hall–Kier alpha value is -3.35. The molecule has 0 saturated heterocycles. The van der Waals surface area contributed by atoms with Crippen LogP contribution in [0.4, 0.5) is 8.78 Å². The summed E-state index contributed by atoms with van der Waals surface area (Å²) in [6, 6.07) is 8.59. The molecule has 3 rings (SSSR count). The largest absolute Gasteiger partial charge is 0.352 e. The van der Waals surface area contributed by atoms with Gasteiger partial charge in [-0.3, -0.25) is 14.6 Å². The van der Waals surface area contributed by atoms with Crippen molar-refractivity contribution in [2.24, 2.45) is 0 Å². The molecular weight excluding hydrogens is 352 g/mol. The van der Waals surface area contributed by atoms with Crippen molar-refractivity contribution in [1.82, 2.24) is 15.3 Å². The summed E-state index contributed by atoms with van der Waals surface area (Å²) in [5.74, 6) is -1.22. The van der Waals surface area contributed by atoms with E-state index >= 15 is 0 Å². The second-order valence-corrected chi connectivity index (χ2v) is 6.03. The molecule has 0 bridgehead atoms. The Morgan fingerprint density at radius 1 is 1.19 bits per heavy atom. The average Bonchev–Trinajstić information content (AvgIpc) is 2.66. The Morgan fingerprint density at radius 2 is 2.00 bits per heavy atom. The molecule has 2 heterocycles. The number of rotatable bonds is 5. The fourth-order valence-electron chi connectivity index (χ4n) is 2.64. The number of hydrogen-bond donors (Lipinski definition) is 2. The lowest BCUT2D eigenvalue weighted by Gasteiger charge is -2.10. The Morgan fingerprint density at radius 3 is 2.70 bits per heavy atom. The van der Waals surface area contributed by atoms with Gasteiger partial charge in [0.05, 0.1) is 11.3 Å². The Balaban J connectivity index is 1.70. The van der Waals surface area contributed by atoms with Crippen molar-refractivity contribution in [2.45, 2.75) is 13.3 Å². The molecule has 0 atom stereocenters. The number of carbonyl (C=O) groups excluding carboxylic acids is 1. The Kier molecular flexibility index (Phi) is 5.40. The Bertz CT molecular complexity index is 1030. The van der Waals surface area contributed by atoms with Crippen molar-refractivity contribution >= 4 is 5.91 Å². The summed E-state index contributed by atoms with van der Waals surface area (Å²) < 4.78 is 28.2. The number of aromatic amines is 1. The van der Waals surface area contributed by atoms with Gasteiger partial charge in [0.2, 0.25) is 5.56 Å². The summed E-state index contributed by atoms with van der Waals surface area (Å²) in [4.78, 5) is 29.5. The predicted octanol–water partition coefficient (Wildman–Crippen LogP) is 3.00. The van der Waals surface area contributed by atoms with E-state index in [1.165, 1.54) is 42.7 Å². The molecule has 0 radical (unpaired) electrons. The molecule has 0 aliphatic rings. The SMILES string of the molecule is Cc1cc(-c2ccnc(CCNC(=O)c3ccc(=O)[nH]c3)c2F)ccc1F. The van der Waals surface area contributed by atoms with Crippen LogP contribution in [-0.2, 0) is 6.42 Å². The van der Waals surface area contributed by atoms with E-state index in [1.807, 2.05) is 0 Å². The van der Waals surface area contributed by atoms with Gasteiger partial charge in [-0.15, -0.1) is 0 Å². The molecular formula is C20H17F2N3O2. The highest BCUT2D eigenvalue weighted by molar-refractivity contribution is 5.93. The lowest BCUT2D eigenvalue weighted by Crippen LogP contribution is -2.26. The van der Waals surface area contributed by atoms with Crippen LogP contribution in [0.15, 0.2) is 53.6 Å². The lowest BCUT2D eigenvalue weighted by atomic mass is 10.0. The van der Waals surface area contributed by atoms with Gasteiger partial charge in [-0.25, -0.2) is 8.78 Å². The first kappa shape index (κ1) is 18.4. The van der Waals surface area contributed by atoms with Gasteiger partial charge < -0.3 is 10.3 Å². The van der Waals surface area contributed by atoms with Crippen molar-refractivity contribution in [3.63, 3.8) is 0 Å². The summed E-state index contributed by atoms with van der Waals surface area (Å²) in [6.07, 6.45) is 2.99. The normalized spacial score (nSPS) is 10.6. The number of hydrogen-bond acceptors (Lipinski definition) is 3. The molecule has 7 heteroatoms. The minimum absolute atomic E-state index is 0.174. The van der Waals surface area contributed by atoms with E-state index in [4.69, 9.17) is 0 Å².